The average molecular weight is 348 g/mol. The van der Waals surface area contributed by atoms with Crippen molar-refractivity contribution in [2.75, 3.05) is 0 Å². The molecule has 0 aliphatic rings. The van der Waals surface area contributed by atoms with Crippen LogP contribution in [0, 0.1) is 13.8 Å². The topological polar surface area (TPSA) is 11.3 Å². The minimum absolute atomic E-state index is 0.906. The summed E-state index contributed by atoms with van der Waals surface area (Å²) in [5.41, 5.74) is 6.03. The molecule has 0 bridgehead atoms. The van der Waals surface area contributed by atoms with Gasteiger partial charge in [-0.25, -0.2) is 4.42 Å². The molecule has 0 unspecified atom stereocenters. The lowest BCUT2D eigenvalue weighted by Gasteiger charge is -2.02. The van der Waals surface area contributed by atoms with Crippen LogP contribution in [-0.2, 0) is 0 Å². The van der Waals surface area contributed by atoms with Crippen molar-refractivity contribution in [3.05, 3.63) is 78.1 Å². The molecule has 0 aliphatic carbocycles. The SMILES string of the molecule is Cc1ccc(-c2cc(-c3ccccc3)cc[o+]2)c(C)c1.F[B-](F)(F)F. The third kappa shape index (κ3) is 6.06. The van der Waals surface area contributed by atoms with E-state index in [0.29, 0.717) is 0 Å². The number of halogens is 4. The lowest BCUT2D eigenvalue weighted by molar-refractivity contribution is 0.368. The molecular formula is C19H17BF4O. The van der Waals surface area contributed by atoms with Crippen molar-refractivity contribution in [2.24, 2.45) is 0 Å². The molecule has 1 heterocycles. The standard InChI is InChI=1S/C19H17O.BF4/c1-14-8-9-18(15(2)12-14)19-13-17(10-11-20-19)16-6-4-3-5-7-16;2-1(3,4)5/h3-13H,1-2H3;/q+1;-1. The Kier molecular flexibility index (Phi) is 5.96. The van der Waals surface area contributed by atoms with Gasteiger partial charge >= 0.3 is 19.3 Å². The van der Waals surface area contributed by atoms with Gasteiger partial charge in [0.1, 0.15) is 0 Å². The first-order chi connectivity index (χ1) is 11.7. The van der Waals surface area contributed by atoms with Crippen LogP contribution < -0.4 is 0 Å². The van der Waals surface area contributed by atoms with Crippen molar-refractivity contribution in [3.8, 4) is 22.5 Å². The summed E-state index contributed by atoms with van der Waals surface area (Å²) < 4.78 is 44.7. The molecule has 3 rings (SSSR count). The highest BCUT2D eigenvalue weighted by Crippen LogP contribution is 2.28. The molecule has 0 fully saturated rings. The molecule has 0 spiro atoms. The minimum atomic E-state index is -6.00. The van der Waals surface area contributed by atoms with Crippen LogP contribution >= 0.6 is 0 Å². The van der Waals surface area contributed by atoms with Crippen LogP contribution in [0.2, 0.25) is 0 Å². The second kappa shape index (κ2) is 7.97. The summed E-state index contributed by atoms with van der Waals surface area (Å²) in [5.74, 6) is 0.906. The van der Waals surface area contributed by atoms with Crippen LogP contribution in [0.5, 0.6) is 0 Å². The van der Waals surface area contributed by atoms with Crippen molar-refractivity contribution >= 4 is 7.25 Å². The lowest BCUT2D eigenvalue weighted by Crippen LogP contribution is -2.02. The third-order valence-corrected chi connectivity index (χ3v) is 3.48. The van der Waals surface area contributed by atoms with E-state index in [1.165, 1.54) is 22.3 Å². The van der Waals surface area contributed by atoms with Crippen LogP contribution in [-0.4, -0.2) is 7.25 Å². The van der Waals surface area contributed by atoms with Crippen molar-refractivity contribution < 1.29 is 21.7 Å². The summed E-state index contributed by atoms with van der Waals surface area (Å²) in [5, 5.41) is 0. The molecule has 2 aromatic carbocycles. The molecular weight excluding hydrogens is 331 g/mol. The Hall–Kier alpha value is -2.63. The normalized spacial score (nSPS) is 10.8. The zero-order valence-electron chi connectivity index (χ0n) is 13.8. The van der Waals surface area contributed by atoms with E-state index in [4.69, 9.17) is 4.42 Å². The van der Waals surface area contributed by atoms with Gasteiger partial charge in [-0.3, -0.25) is 0 Å². The van der Waals surface area contributed by atoms with Gasteiger partial charge in [0.05, 0.1) is 11.6 Å². The fourth-order valence-corrected chi connectivity index (χ4v) is 2.45. The molecule has 1 nitrogen and oxygen atoms in total. The number of rotatable bonds is 2. The Morgan fingerprint density at radius 2 is 1.40 bits per heavy atom. The van der Waals surface area contributed by atoms with Gasteiger partial charge in [0.25, 0.3) is 0 Å². The molecule has 3 aromatic rings. The molecule has 0 atom stereocenters. The Bertz CT molecular complexity index is 826. The maximum atomic E-state index is 9.75. The predicted octanol–water partition coefficient (Wildman–Crippen LogP) is 6.81. The first-order valence-electron chi connectivity index (χ1n) is 7.66. The second-order valence-electron chi connectivity index (χ2n) is 5.56. The highest BCUT2D eigenvalue weighted by molar-refractivity contribution is 6.50. The summed E-state index contributed by atoms with van der Waals surface area (Å²) in [4.78, 5) is 0. The second-order valence-corrected chi connectivity index (χ2v) is 5.56. The molecule has 1 aromatic heterocycles. The molecule has 0 amide bonds. The highest BCUT2D eigenvalue weighted by atomic mass is 19.5. The Labute approximate surface area is 144 Å². The molecule has 130 valence electrons. The van der Waals surface area contributed by atoms with Crippen molar-refractivity contribution in [1.29, 1.82) is 0 Å². The van der Waals surface area contributed by atoms with E-state index >= 15 is 0 Å². The molecule has 0 aliphatic heterocycles. The zero-order valence-corrected chi connectivity index (χ0v) is 13.8. The van der Waals surface area contributed by atoms with Crippen molar-refractivity contribution in [3.63, 3.8) is 0 Å². The maximum absolute atomic E-state index is 9.75. The number of hydrogen-bond donors (Lipinski definition) is 0. The summed E-state index contributed by atoms with van der Waals surface area (Å²) in [6.07, 6.45) is 1.76. The minimum Gasteiger partial charge on any atom is -0.418 e. The zero-order chi connectivity index (χ0) is 18.4. The number of benzene rings is 2. The van der Waals surface area contributed by atoms with E-state index < -0.39 is 7.25 Å². The van der Waals surface area contributed by atoms with Gasteiger partial charge in [0.2, 0.25) is 0 Å². The van der Waals surface area contributed by atoms with Crippen LogP contribution in [0.1, 0.15) is 11.1 Å². The summed E-state index contributed by atoms with van der Waals surface area (Å²) >= 11 is 0. The number of aryl methyl sites for hydroxylation is 2. The molecule has 25 heavy (non-hydrogen) atoms. The Morgan fingerprint density at radius 1 is 0.760 bits per heavy atom. The monoisotopic (exact) mass is 348 g/mol. The van der Waals surface area contributed by atoms with E-state index in [0.717, 1.165) is 11.3 Å². The van der Waals surface area contributed by atoms with Crippen molar-refractivity contribution in [2.45, 2.75) is 13.8 Å². The summed E-state index contributed by atoms with van der Waals surface area (Å²) in [6.45, 7) is 4.22. The quantitative estimate of drug-likeness (QED) is 0.281. The molecule has 0 radical (unpaired) electrons. The van der Waals surface area contributed by atoms with Crippen LogP contribution in [0.3, 0.4) is 0 Å². The Balaban J connectivity index is 0.000000399. The van der Waals surface area contributed by atoms with Crippen LogP contribution in [0.15, 0.2) is 71.3 Å². The Morgan fingerprint density at radius 3 is 2.00 bits per heavy atom. The summed E-state index contributed by atoms with van der Waals surface area (Å²) in [6, 6.07) is 20.9. The molecule has 0 saturated heterocycles. The van der Waals surface area contributed by atoms with Crippen LogP contribution in [0.4, 0.5) is 17.3 Å². The van der Waals surface area contributed by atoms with E-state index in [2.05, 4.69) is 62.4 Å². The van der Waals surface area contributed by atoms with Gasteiger partial charge < -0.3 is 17.3 Å². The van der Waals surface area contributed by atoms with E-state index in [-0.39, 0.29) is 0 Å². The van der Waals surface area contributed by atoms with Gasteiger partial charge in [-0.15, -0.1) is 0 Å². The van der Waals surface area contributed by atoms with E-state index in [9.17, 15) is 17.3 Å². The van der Waals surface area contributed by atoms with Gasteiger partial charge in [-0.1, -0.05) is 48.0 Å². The average Bonchev–Trinajstić information content (AvgIpc) is 2.54. The highest BCUT2D eigenvalue weighted by Gasteiger charge is 2.20. The van der Waals surface area contributed by atoms with Gasteiger partial charge in [0, 0.05) is 6.07 Å². The fourth-order valence-electron chi connectivity index (χ4n) is 2.45. The van der Waals surface area contributed by atoms with Gasteiger partial charge in [-0.2, -0.15) is 0 Å². The molecule has 6 heteroatoms. The largest absolute Gasteiger partial charge is 0.673 e. The third-order valence-electron chi connectivity index (χ3n) is 3.48. The van der Waals surface area contributed by atoms with Gasteiger partial charge in [0.15, 0.2) is 0 Å². The number of hydrogen-bond acceptors (Lipinski definition) is 0. The fraction of sp³-hybridized carbons (Fsp3) is 0.105. The lowest BCUT2D eigenvalue weighted by atomic mass is 10.0. The van der Waals surface area contributed by atoms with Crippen molar-refractivity contribution in [1.82, 2.24) is 0 Å². The van der Waals surface area contributed by atoms with E-state index in [1.54, 1.807) is 6.26 Å². The summed E-state index contributed by atoms with van der Waals surface area (Å²) in [7, 11) is -6.00. The molecule has 0 N–H and O–H groups in total. The maximum Gasteiger partial charge on any atom is 0.673 e. The van der Waals surface area contributed by atoms with Crippen LogP contribution in [0.25, 0.3) is 22.5 Å². The molecule has 0 saturated carbocycles. The van der Waals surface area contributed by atoms with Gasteiger partial charge in [-0.05, 0) is 36.6 Å². The van der Waals surface area contributed by atoms with E-state index in [1.807, 2.05) is 12.1 Å². The smallest absolute Gasteiger partial charge is 0.418 e. The first kappa shape index (κ1) is 18.7. The first-order valence-corrected chi connectivity index (χ1v) is 7.66. The predicted molar refractivity (Wildman–Crippen MR) is 93.6 cm³/mol.